The number of rotatable bonds is 5. The molecule has 2 aromatic carbocycles. The summed E-state index contributed by atoms with van der Waals surface area (Å²) in [6.07, 6.45) is 2.86. The molecule has 0 aliphatic heterocycles. The maximum atomic E-state index is 10.5. The number of hydrogen-bond donors (Lipinski definition) is 1. The number of carboxylic acid groups (broad SMARTS) is 1. The molecule has 0 saturated carbocycles. The Morgan fingerprint density at radius 3 is 2.68 bits per heavy atom. The molecule has 0 amide bonds. The summed E-state index contributed by atoms with van der Waals surface area (Å²) in [7, 11) is 0. The number of aliphatic carboxylic acids is 1. The Labute approximate surface area is 112 Å². The van der Waals surface area contributed by atoms with Crippen LogP contribution in [0.4, 0.5) is 5.69 Å². The molecule has 0 aliphatic carbocycles. The van der Waals surface area contributed by atoms with Gasteiger partial charge in [0.05, 0.1) is 0 Å². The van der Waals surface area contributed by atoms with Gasteiger partial charge < -0.3 is 10.0 Å². The van der Waals surface area contributed by atoms with E-state index in [9.17, 15) is 4.79 Å². The van der Waals surface area contributed by atoms with E-state index in [1.165, 1.54) is 16.8 Å². The third-order valence-corrected chi connectivity index (χ3v) is 3.08. The molecule has 0 spiro atoms. The fourth-order valence-corrected chi connectivity index (χ4v) is 2.16. The topological polar surface area (TPSA) is 40.5 Å². The first-order valence-electron chi connectivity index (χ1n) is 6.34. The van der Waals surface area contributed by atoms with Gasteiger partial charge in [0, 0.05) is 30.2 Å². The monoisotopic (exact) mass is 255 g/mol. The third kappa shape index (κ3) is 3.13. The molecule has 0 atom stereocenters. The van der Waals surface area contributed by atoms with Crippen molar-refractivity contribution >= 4 is 22.4 Å². The van der Waals surface area contributed by atoms with Gasteiger partial charge in [0.2, 0.25) is 0 Å². The Bertz CT molecular complexity index is 599. The fraction of sp³-hybridized carbons (Fsp3) is 0.188. The quantitative estimate of drug-likeness (QED) is 0.833. The predicted octanol–water partition coefficient (Wildman–Crippen LogP) is 3.31. The van der Waals surface area contributed by atoms with Gasteiger partial charge in [-0.25, -0.2) is 4.79 Å². The normalized spacial score (nSPS) is 11.0. The Morgan fingerprint density at radius 1 is 1.21 bits per heavy atom. The zero-order valence-electron chi connectivity index (χ0n) is 10.9. The highest BCUT2D eigenvalue weighted by atomic mass is 16.4. The van der Waals surface area contributed by atoms with Gasteiger partial charge in [-0.1, -0.05) is 42.5 Å². The van der Waals surface area contributed by atoms with E-state index >= 15 is 0 Å². The molecule has 2 rings (SSSR count). The van der Waals surface area contributed by atoms with Crippen LogP contribution in [0.25, 0.3) is 10.8 Å². The molecule has 0 saturated heterocycles. The van der Waals surface area contributed by atoms with Crippen LogP contribution >= 0.6 is 0 Å². The van der Waals surface area contributed by atoms with Gasteiger partial charge >= 0.3 is 5.97 Å². The highest BCUT2D eigenvalue weighted by Crippen LogP contribution is 2.26. The van der Waals surface area contributed by atoms with Crippen molar-refractivity contribution in [2.45, 2.75) is 6.92 Å². The minimum atomic E-state index is -0.908. The second-order valence-electron chi connectivity index (χ2n) is 4.28. The summed E-state index contributed by atoms with van der Waals surface area (Å²) in [4.78, 5) is 12.7. The first kappa shape index (κ1) is 13.1. The number of hydrogen-bond acceptors (Lipinski definition) is 2. The van der Waals surface area contributed by atoms with Crippen LogP contribution in [-0.2, 0) is 4.79 Å². The molecule has 0 fully saturated rings. The Kier molecular flexibility index (Phi) is 4.18. The lowest BCUT2D eigenvalue weighted by Gasteiger charge is -2.23. The molecular formula is C16H17NO2. The average molecular weight is 255 g/mol. The molecule has 3 heteroatoms. The van der Waals surface area contributed by atoms with E-state index in [1.54, 1.807) is 6.08 Å². The van der Waals surface area contributed by atoms with Crippen molar-refractivity contribution in [2.75, 3.05) is 18.0 Å². The van der Waals surface area contributed by atoms with Crippen molar-refractivity contribution in [3.8, 4) is 0 Å². The standard InChI is InChI=1S/C16H17NO2/c1-2-17(12-6-11-16(18)19)15-10-5-8-13-7-3-4-9-14(13)15/h3-11H,2,12H2,1H3,(H,18,19). The van der Waals surface area contributed by atoms with Gasteiger partial charge in [-0.05, 0) is 18.4 Å². The van der Waals surface area contributed by atoms with Crippen molar-refractivity contribution in [2.24, 2.45) is 0 Å². The molecule has 2 aromatic rings. The lowest BCUT2D eigenvalue weighted by molar-refractivity contribution is -0.131. The van der Waals surface area contributed by atoms with Crippen molar-refractivity contribution in [1.29, 1.82) is 0 Å². The van der Waals surface area contributed by atoms with E-state index in [0.717, 1.165) is 12.2 Å². The number of nitrogens with zero attached hydrogens (tertiary/aromatic N) is 1. The lowest BCUT2D eigenvalue weighted by atomic mass is 10.1. The molecule has 0 heterocycles. The number of anilines is 1. The SMILES string of the molecule is CCN(CC=CC(=O)O)c1cccc2ccccc12. The third-order valence-electron chi connectivity index (χ3n) is 3.08. The van der Waals surface area contributed by atoms with Crippen LogP contribution in [0.15, 0.2) is 54.6 Å². The van der Waals surface area contributed by atoms with Crippen LogP contribution < -0.4 is 4.90 Å². The molecule has 1 N–H and O–H groups in total. The predicted molar refractivity (Wildman–Crippen MR) is 78.6 cm³/mol. The van der Waals surface area contributed by atoms with Gasteiger partial charge in [-0.2, -0.15) is 0 Å². The summed E-state index contributed by atoms with van der Waals surface area (Å²) in [6, 6.07) is 14.4. The first-order chi connectivity index (χ1) is 9.22. The second kappa shape index (κ2) is 6.05. The van der Waals surface area contributed by atoms with E-state index in [4.69, 9.17) is 5.11 Å². The Morgan fingerprint density at radius 2 is 1.95 bits per heavy atom. The van der Waals surface area contributed by atoms with Crippen LogP contribution in [0.5, 0.6) is 0 Å². The average Bonchev–Trinajstić information content (AvgIpc) is 2.43. The van der Waals surface area contributed by atoms with Crippen molar-refractivity contribution in [1.82, 2.24) is 0 Å². The number of benzene rings is 2. The Hall–Kier alpha value is -2.29. The summed E-state index contributed by atoms with van der Waals surface area (Å²) in [6.45, 7) is 3.49. The molecule has 0 aromatic heterocycles. The fourth-order valence-electron chi connectivity index (χ4n) is 2.16. The van der Waals surface area contributed by atoms with Crippen LogP contribution in [0.2, 0.25) is 0 Å². The number of carboxylic acids is 1. The summed E-state index contributed by atoms with van der Waals surface area (Å²) < 4.78 is 0. The maximum Gasteiger partial charge on any atom is 0.328 e. The minimum absolute atomic E-state index is 0.594. The maximum absolute atomic E-state index is 10.5. The van der Waals surface area contributed by atoms with Crippen LogP contribution in [0, 0.1) is 0 Å². The zero-order valence-corrected chi connectivity index (χ0v) is 10.9. The molecule has 0 radical (unpaired) electrons. The van der Waals surface area contributed by atoms with Crippen molar-refractivity contribution in [3.63, 3.8) is 0 Å². The molecular weight excluding hydrogens is 238 g/mol. The van der Waals surface area contributed by atoms with Crippen molar-refractivity contribution in [3.05, 3.63) is 54.6 Å². The molecule has 3 nitrogen and oxygen atoms in total. The summed E-state index contributed by atoms with van der Waals surface area (Å²) >= 11 is 0. The smallest absolute Gasteiger partial charge is 0.328 e. The number of fused-ring (bicyclic) bond motifs is 1. The van der Waals surface area contributed by atoms with Crippen LogP contribution in [0.1, 0.15) is 6.92 Å². The van der Waals surface area contributed by atoms with Gasteiger partial charge in [0.15, 0.2) is 0 Å². The largest absolute Gasteiger partial charge is 0.478 e. The lowest BCUT2D eigenvalue weighted by Crippen LogP contribution is -2.22. The van der Waals surface area contributed by atoms with Gasteiger partial charge in [0.1, 0.15) is 0 Å². The molecule has 98 valence electrons. The van der Waals surface area contributed by atoms with Gasteiger partial charge in [-0.3, -0.25) is 0 Å². The van der Waals surface area contributed by atoms with E-state index in [1.807, 2.05) is 18.2 Å². The Balaban J connectivity index is 2.32. The van der Waals surface area contributed by atoms with E-state index < -0.39 is 5.97 Å². The van der Waals surface area contributed by atoms with Crippen molar-refractivity contribution < 1.29 is 9.90 Å². The second-order valence-corrected chi connectivity index (χ2v) is 4.28. The van der Waals surface area contributed by atoms with Crippen LogP contribution in [-0.4, -0.2) is 24.2 Å². The van der Waals surface area contributed by atoms with E-state index in [2.05, 4.69) is 36.1 Å². The van der Waals surface area contributed by atoms with E-state index in [0.29, 0.717) is 6.54 Å². The summed E-state index contributed by atoms with van der Waals surface area (Å²) in [5, 5.41) is 11.0. The molecule has 19 heavy (non-hydrogen) atoms. The highest BCUT2D eigenvalue weighted by Gasteiger charge is 2.06. The van der Waals surface area contributed by atoms with Crippen LogP contribution in [0.3, 0.4) is 0 Å². The number of carbonyl (C=O) groups is 1. The molecule has 0 unspecified atom stereocenters. The highest BCUT2D eigenvalue weighted by molar-refractivity contribution is 5.94. The van der Waals surface area contributed by atoms with Gasteiger partial charge in [-0.15, -0.1) is 0 Å². The number of likely N-dealkylation sites (N-methyl/N-ethyl adjacent to an activating group) is 1. The summed E-state index contributed by atoms with van der Waals surface area (Å²) in [5.74, 6) is -0.908. The molecule has 0 bridgehead atoms. The zero-order chi connectivity index (χ0) is 13.7. The molecule has 0 aliphatic rings. The summed E-state index contributed by atoms with van der Waals surface area (Å²) in [5.41, 5.74) is 1.13. The first-order valence-corrected chi connectivity index (χ1v) is 6.34. The van der Waals surface area contributed by atoms with Gasteiger partial charge in [0.25, 0.3) is 0 Å². The van der Waals surface area contributed by atoms with E-state index in [-0.39, 0.29) is 0 Å². The minimum Gasteiger partial charge on any atom is -0.478 e.